The van der Waals surface area contributed by atoms with E-state index in [-0.39, 0.29) is 16.9 Å². The highest BCUT2D eigenvalue weighted by atomic mass is 19.1. The fourth-order valence-corrected chi connectivity index (χ4v) is 4.17. The fraction of sp³-hybridized carbons (Fsp3) is 0.296. The van der Waals surface area contributed by atoms with Gasteiger partial charge in [-0.05, 0) is 54.8 Å². The number of aliphatic hydroxyl groups is 1. The number of likely N-dealkylation sites (tertiary alicyclic amines) is 1. The van der Waals surface area contributed by atoms with Crippen LogP contribution in [0.4, 0.5) is 4.39 Å². The maximum atomic E-state index is 13.5. The molecular weight excluding hydrogens is 449 g/mol. The van der Waals surface area contributed by atoms with Crippen LogP contribution in [0.15, 0.2) is 72.8 Å². The van der Waals surface area contributed by atoms with Crippen LogP contribution in [0.5, 0.6) is 5.75 Å². The van der Waals surface area contributed by atoms with Crippen molar-refractivity contribution in [1.29, 1.82) is 0 Å². The normalized spacial score (nSPS) is 17.2. The molecule has 0 bridgehead atoms. The summed E-state index contributed by atoms with van der Waals surface area (Å²) < 4.78 is 21.2. The molecule has 1 saturated heterocycles. The first-order chi connectivity index (χ1) is 17.0. The standard InChI is InChI=1S/C27H28FN3O4/c1-2-3-16-35-22-7-4-6-20(17-22)24-23(25(32)19-8-10-21(28)11-9-19)26(33)27(34)31(24)14-5-13-30-15-12-29-18-30/h4,6-12,15,17-18,24,32H,2-3,5,13-14,16H2,1H3/b25-23+. The number of carbonyl (C=O) groups excluding carboxylic acids is 2. The van der Waals surface area contributed by atoms with Crippen LogP contribution < -0.4 is 4.74 Å². The Bertz CT molecular complexity index is 1210. The lowest BCUT2D eigenvalue weighted by Crippen LogP contribution is -2.31. The Kier molecular flexibility index (Phi) is 7.60. The Hall–Kier alpha value is -3.94. The Labute approximate surface area is 203 Å². The quantitative estimate of drug-likeness (QED) is 0.198. The van der Waals surface area contributed by atoms with Crippen LogP contribution in [-0.4, -0.2) is 44.4 Å². The van der Waals surface area contributed by atoms with E-state index in [4.69, 9.17) is 4.74 Å². The van der Waals surface area contributed by atoms with E-state index in [1.807, 2.05) is 22.9 Å². The predicted molar refractivity (Wildman–Crippen MR) is 129 cm³/mol. The first-order valence-electron chi connectivity index (χ1n) is 11.7. The summed E-state index contributed by atoms with van der Waals surface area (Å²) in [7, 11) is 0. The first kappa shape index (κ1) is 24.2. The number of hydrogen-bond acceptors (Lipinski definition) is 5. The number of hydrogen-bond donors (Lipinski definition) is 1. The van der Waals surface area contributed by atoms with E-state index in [0.717, 1.165) is 12.8 Å². The smallest absolute Gasteiger partial charge is 0.295 e. The van der Waals surface area contributed by atoms with Crippen molar-refractivity contribution in [3.8, 4) is 5.75 Å². The van der Waals surface area contributed by atoms with Gasteiger partial charge in [0.2, 0.25) is 0 Å². The van der Waals surface area contributed by atoms with Crippen LogP contribution >= 0.6 is 0 Å². The average Bonchev–Trinajstić information content (AvgIpc) is 3.47. The van der Waals surface area contributed by atoms with E-state index in [1.165, 1.54) is 29.2 Å². The number of aliphatic hydroxyl groups excluding tert-OH is 1. The van der Waals surface area contributed by atoms with E-state index >= 15 is 0 Å². The zero-order valence-corrected chi connectivity index (χ0v) is 19.6. The minimum absolute atomic E-state index is 0.0186. The molecule has 8 heteroatoms. The number of unbranched alkanes of at least 4 members (excludes halogenated alkanes) is 1. The average molecular weight is 478 g/mol. The summed E-state index contributed by atoms with van der Waals surface area (Å²) in [6.07, 6.45) is 7.69. The largest absolute Gasteiger partial charge is 0.507 e. The summed E-state index contributed by atoms with van der Waals surface area (Å²) in [6.45, 7) is 3.55. The van der Waals surface area contributed by atoms with Gasteiger partial charge < -0.3 is 19.3 Å². The van der Waals surface area contributed by atoms with Crippen LogP contribution in [0.3, 0.4) is 0 Å². The van der Waals surface area contributed by atoms with Gasteiger partial charge in [-0.3, -0.25) is 9.59 Å². The van der Waals surface area contributed by atoms with Crippen LogP contribution in [0.25, 0.3) is 5.76 Å². The number of ether oxygens (including phenoxy) is 1. The molecule has 1 atom stereocenters. The molecule has 1 aliphatic rings. The van der Waals surface area contributed by atoms with Crippen molar-refractivity contribution < 1.29 is 23.8 Å². The molecule has 1 unspecified atom stereocenters. The van der Waals surface area contributed by atoms with E-state index in [9.17, 15) is 19.1 Å². The highest BCUT2D eigenvalue weighted by Crippen LogP contribution is 2.40. The third-order valence-corrected chi connectivity index (χ3v) is 5.97. The second-order valence-corrected chi connectivity index (χ2v) is 8.43. The van der Waals surface area contributed by atoms with Crippen molar-refractivity contribution in [3.05, 3.63) is 89.8 Å². The number of benzene rings is 2. The number of nitrogens with zero attached hydrogens (tertiary/aromatic N) is 3. The SMILES string of the molecule is CCCCOc1cccc(C2/C(=C(\O)c3ccc(F)cc3)C(=O)C(=O)N2CCCn2ccnc2)c1. The number of carbonyl (C=O) groups is 2. The highest BCUT2D eigenvalue weighted by Gasteiger charge is 2.45. The number of aryl methyl sites for hydroxylation is 1. The van der Waals surface area contributed by atoms with Gasteiger partial charge in [0.1, 0.15) is 17.3 Å². The van der Waals surface area contributed by atoms with Gasteiger partial charge in [0, 0.05) is 31.0 Å². The molecule has 2 heterocycles. The number of imidazole rings is 1. The van der Waals surface area contributed by atoms with Gasteiger partial charge in [0.05, 0.1) is 24.5 Å². The summed E-state index contributed by atoms with van der Waals surface area (Å²) in [5, 5.41) is 11.1. The lowest BCUT2D eigenvalue weighted by Gasteiger charge is -2.26. The number of rotatable bonds is 10. The Morgan fingerprint density at radius 2 is 1.91 bits per heavy atom. The topological polar surface area (TPSA) is 84.7 Å². The monoisotopic (exact) mass is 477 g/mol. The molecule has 7 nitrogen and oxygen atoms in total. The van der Waals surface area contributed by atoms with Crippen molar-refractivity contribution in [3.63, 3.8) is 0 Å². The van der Waals surface area contributed by atoms with Gasteiger partial charge in [-0.2, -0.15) is 0 Å². The van der Waals surface area contributed by atoms with Gasteiger partial charge in [-0.25, -0.2) is 9.37 Å². The van der Waals surface area contributed by atoms with Crippen LogP contribution in [0, 0.1) is 5.82 Å². The molecule has 0 aliphatic carbocycles. The summed E-state index contributed by atoms with van der Waals surface area (Å²) in [6, 6.07) is 11.6. The number of Topliss-reactive ketones (excluding diaryl/α,β-unsaturated/α-hetero) is 1. The minimum atomic E-state index is -0.794. The van der Waals surface area contributed by atoms with Crippen molar-refractivity contribution in [2.24, 2.45) is 0 Å². The van der Waals surface area contributed by atoms with Gasteiger partial charge >= 0.3 is 0 Å². The first-order valence-corrected chi connectivity index (χ1v) is 11.7. The number of aromatic nitrogens is 2. The van der Waals surface area contributed by atoms with Crippen LogP contribution in [0.1, 0.15) is 43.4 Å². The zero-order valence-electron chi connectivity index (χ0n) is 19.6. The van der Waals surface area contributed by atoms with E-state index in [2.05, 4.69) is 11.9 Å². The summed E-state index contributed by atoms with van der Waals surface area (Å²) in [5.41, 5.74) is 0.905. The summed E-state index contributed by atoms with van der Waals surface area (Å²) in [4.78, 5) is 31.7. The molecule has 1 fully saturated rings. The molecule has 182 valence electrons. The molecule has 35 heavy (non-hydrogen) atoms. The van der Waals surface area contributed by atoms with E-state index in [0.29, 0.717) is 37.4 Å². The Balaban J connectivity index is 1.71. The van der Waals surface area contributed by atoms with Crippen molar-refractivity contribution in [1.82, 2.24) is 14.5 Å². The van der Waals surface area contributed by atoms with Crippen molar-refractivity contribution >= 4 is 17.4 Å². The lowest BCUT2D eigenvalue weighted by molar-refractivity contribution is -0.139. The fourth-order valence-electron chi connectivity index (χ4n) is 4.17. The molecule has 3 aromatic rings. The predicted octanol–water partition coefficient (Wildman–Crippen LogP) is 4.71. The molecule has 1 aromatic heterocycles. The summed E-state index contributed by atoms with van der Waals surface area (Å²) >= 11 is 0. The van der Waals surface area contributed by atoms with Crippen molar-refractivity contribution in [2.75, 3.05) is 13.2 Å². The molecule has 0 radical (unpaired) electrons. The van der Waals surface area contributed by atoms with Gasteiger partial charge in [-0.15, -0.1) is 0 Å². The van der Waals surface area contributed by atoms with Gasteiger partial charge in [-0.1, -0.05) is 25.5 Å². The second-order valence-electron chi connectivity index (χ2n) is 8.43. The molecule has 2 aromatic carbocycles. The Morgan fingerprint density at radius 3 is 2.63 bits per heavy atom. The lowest BCUT2D eigenvalue weighted by atomic mass is 9.95. The van der Waals surface area contributed by atoms with Crippen molar-refractivity contribution in [2.45, 2.75) is 38.8 Å². The molecule has 1 amide bonds. The highest BCUT2D eigenvalue weighted by molar-refractivity contribution is 6.46. The number of halogens is 1. The maximum Gasteiger partial charge on any atom is 0.295 e. The van der Waals surface area contributed by atoms with E-state index in [1.54, 1.807) is 24.7 Å². The third-order valence-electron chi connectivity index (χ3n) is 5.97. The summed E-state index contributed by atoms with van der Waals surface area (Å²) in [5.74, 6) is -1.61. The number of ketones is 1. The zero-order chi connectivity index (χ0) is 24.8. The van der Waals surface area contributed by atoms with E-state index < -0.39 is 23.5 Å². The maximum absolute atomic E-state index is 13.5. The molecule has 0 saturated carbocycles. The molecule has 4 rings (SSSR count). The second kappa shape index (κ2) is 11.0. The minimum Gasteiger partial charge on any atom is -0.507 e. The van der Waals surface area contributed by atoms with Crippen LogP contribution in [0.2, 0.25) is 0 Å². The van der Waals surface area contributed by atoms with Gasteiger partial charge in [0.25, 0.3) is 11.7 Å². The molecule has 0 spiro atoms. The Morgan fingerprint density at radius 1 is 1.11 bits per heavy atom. The molecule has 1 aliphatic heterocycles. The third kappa shape index (κ3) is 5.42. The number of amides is 1. The van der Waals surface area contributed by atoms with Gasteiger partial charge in [0.15, 0.2) is 0 Å². The van der Waals surface area contributed by atoms with Crippen LogP contribution in [-0.2, 0) is 16.1 Å². The molecular formula is C27H28FN3O4. The molecule has 1 N–H and O–H groups in total.